The molecule has 0 unspecified atom stereocenters. The maximum Gasteiger partial charge on any atom is 0.270 e. The number of benzene rings is 1. The number of hydrogen-bond donors (Lipinski definition) is 1. The van der Waals surface area contributed by atoms with E-state index in [0.29, 0.717) is 5.75 Å². The summed E-state index contributed by atoms with van der Waals surface area (Å²) >= 11 is 0. The van der Waals surface area contributed by atoms with Crippen molar-refractivity contribution in [3.63, 3.8) is 0 Å². The Balaban J connectivity index is 2.05. The summed E-state index contributed by atoms with van der Waals surface area (Å²) in [4.78, 5) is 28.1. The molecule has 22 heavy (non-hydrogen) atoms. The Hall–Kier alpha value is -3.19. The highest BCUT2D eigenvalue weighted by atomic mass is 16.5. The number of rotatable bonds is 3. The predicted octanol–water partition coefficient (Wildman–Crippen LogP) is 0.425. The van der Waals surface area contributed by atoms with E-state index >= 15 is 0 Å². The Morgan fingerprint density at radius 1 is 1.27 bits per heavy atom. The number of fused-ring (bicyclic) bond motifs is 1. The minimum atomic E-state index is -1.79. The molecule has 0 bridgehead atoms. The van der Waals surface area contributed by atoms with E-state index in [1.54, 1.807) is 18.2 Å². The number of nitriles is 2. The van der Waals surface area contributed by atoms with Crippen LogP contribution in [0.1, 0.15) is 10.4 Å². The van der Waals surface area contributed by atoms with Gasteiger partial charge in [0.1, 0.15) is 11.6 Å². The number of aliphatic imine (C=N–C) groups is 1. The van der Waals surface area contributed by atoms with Gasteiger partial charge in [0.2, 0.25) is 0 Å². The fourth-order valence-electron chi connectivity index (χ4n) is 3.13. The topological polar surface area (TPSA) is 129 Å². The first kappa shape index (κ1) is 13.8. The number of amides is 1. The number of hydrogen-bond acceptors (Lipinski definition) is 6. The second-order valence-corrected chi connectivity index (χ2v) is 5.17. The molecular weight excluding hydrogens is 284 g/mol. The summed E-state index contributed by atoms with van der Waals surface area (Å²) in [6, 6.07) is 9.87. The molecule has 7 heteroatoms. The van der Waals surface area contributed by atoms with E-state index < -0.39 is 28.4 Å². The molecule has 1 saturated carbocycles. The molecule has 0 radical (unpaired) electrons. The summed E-state index contributed by atoms with van der Waals surface area (Å²) < 4.78 is 5.01. The Labute approximate surface area is 125 Å². The van der Waals surface area contributed by atoms with Gasteiger partial charge in [0, 0.05) is 5.56 Å². The molecule has 3 atom stereocenters. The Morgan fingerprint density at radius 3 is 2.32 bits per heavy atom. The standard InChI is InChI=1S/C15H10N4O3/c1-22-9-4-2-8(3-5-9)10(20)11-14(6-16)12(18)19-13(21)15(11,14)7-17/h2-5,11H,1H3,(H2,18,19,21)/t11-,14+,15+/m0/s1. The summed E-state index contributed by atoms with van der Waals surface area (Å²) in [7, 11) is 1.49. The van der Waals surface area contributed by atoms with Gasteiger partial charge in [-0.3, -0.25) is 9.59 Å². The maximum atomic E-state index is 12.6. The van der Waals surface area contributed by atoms with Gasteiger partial charge >= 0.3 is 0 Å². The van der Waals surface area contributed by atoms with Gasteiger partial charge < -0.3 is 10.5 Å². The first-order chi connectivity index (χ1) is 10.5. The summed E-state index contributed by atoms with van der Waals surface area (Å²) in [5.41, 5.74) is 2.50. The molecular formula is C15H10N4O3. The summed E-state index contributed by atoms with van der Waals surface area (Å²) in [6.45, 7) is 0. The predicted molar refractivity (Wildman–Crippen MR) is 73.5 cm³/mol. The van der Waals surface area contributed by atoms with Crippen molar-refractivity contribution in [3.8, 4) is 17.9 Å². The monoisotopic (exact) mass is 294 g/mol. The SMILES string of the molecule is COc1ccc(C(=O)[C@@H]2[C@]3(C#N)C(=O)N=C(N)[C@@]23C#N)cc1. The van der Waals surface area contributed by atoms with E-state index in [1.807, 2.05) is 6.07 Å². The third-order valence-electron chi connectivity index (χ3n) is 4.36. The van der Waals surface area contributed by atoms with Crippen molar-refractivity contribution in [2.24, 2.45) is 27.5 Å². The molecule has 3 rings (SSSR count). The molecule has 1 aliphatic carbocycles. The van der Waals surface area contributed by atoms with E-state index in [9.17, 15) is 20.1 Å². The number of nitrogens with zero attached hydrogens (tertiary/aromatic N) is 3. The first-order valence-electron chi connectivity index (χ1n) is 6.39. The third-order valence-corrected chi connectivity index (χ3v) is 4.36. The lowest BCUT2D eigenvalue weighted by Crippen LogP contribution is -2.27. The smallest absolute Gasteiger partial charge is 0.270 e. The van der Waals surface area contributed by atoms with Crippen LogP contribution in [0.2, 0.25) is 0 Å². The average molecular weight is 294 g/mol. The Kier molecular flexibility index (Phi) is 2.60. The Bertz CT molecular complexity index is 815. The van der Waals surface area contributed by atoms with Gasteiger partial charge in [-0.2, -0.15) is 15.5 Å². The van der Waals surface area contributed by atoms with E-state index in [-0.39, 0.29) is 11.4 Å². The first-order valence-corrected chi connectivity index (χ1v) is 6.39. The van der Waals surface area contributed by atoms with Gasteiger partial charge in [-0.1, -0.05) is 0 Å². The number of amidine groups is 1. The quantitative estimate of drug-likeness (QED) is 0.804. The van der Waals surface area contributed by atoms with Crippen molar-refractivity contribution in [2.45, 2.75) is 0 Å². The average Bonchev–Trinajstić information content (AvgIpc) is 3.12. The molecule has 1 aromatic carbocycles. The largest absolute Gasteiger partial charge is 0.497 e. The molecule has 2 N–H and O–H groups in total. The van der Waals surface area contributed by atoms with Crippen LogP contribution in [0, 0.1) is 39.4 Å². The molecule has 0 aromatic heterocycles. The number of Topliss-reactive ketones (excluding diaryl/α,β-unsaturated/α-hetero) is 1. The molecule has 2 aliphatic rings. The minimum Gasteiger partial charge on any atom is -0.497 e. The van der Waals surface area contributed by atoms with E-state index in [2.05, 4.69) is 4.99 Å². The molecule has 1 aliphatic heterocycles. The van der Waals surface area contributed by atoms with Crippen LogP contribution in [-0.2, 0) is 4.79 Å². The molecule has 7 nitrogen and oxygen atoms in total. The van der Waals surface area contributed by atoms with E-state index in [0.717, 1.165) is 0 Å². The normalized spacial score (nSPS) is 31.5. The number of carbonyl (C=O) groups is 2. The van der Waals surface area contributed by atoms with Gasteiger partial charge in [0.25, 0.3) is 5.91 Å². The lowest BCUT2D eigenvalue weighted by molar-refractivity contribution is -0.121. The second-order valence-electron chi connectivity index (χ2n) is 5.17. The van der Waals surface area contributed by atoms with Crippen LogP contribution < -0.4 is 10.5 Å². The van der Waals surface area contributed by atoms with Crippen molar-refractivity contribution < 1.29 is 14.3 Å². The van der Waals surface area contributed by atoms with Gasteiger partial charge in [-0.05, 0) is 24.3 Å². The zero-order chi connectivity index (χ0) is 16.1. The molecule has 1 aromatic rings. The summed E-state index contributed by atoms with van der Waals surface area (Å²) in [5.74, 6) is -2.10. The molecule has 1 fully saturated rings. The highest BCUT2D eigenvalue weighted by Crippen LogP contribution is 2.72. The van der Waals surface area contributed by atoms with Gasteiger partial charge in [0.05, 0.1) is 25.2 Å². The summed E-state index contributed by atoms with van der Waals surface area (Å²) in [5, 5.41) is 18.8. The van der Waals surface area contributed by atoms with Crippen LogP contribution in [0.3, 0.4) is 0 Å². The lowest BCUT2D eigenvalue weighted by atomic mass is 9.97. The van der Waals surface area contributed by atoms with Crippen LogP contribution in [0.5, 0.6) is 5.75 Å². The van der Waals surface area contributed by atoms with Gasteiger partial charge in [-0.25, -0.2) is 0 Å². The Morgan fingerprint density at radius 2 is 1.86 bits per heavy atom. The van der Waals surface area contributed by atoms with Gasteiger partial charge in [-0.15, -0.1) is 0 Å². The third kappa shape index (κ3) is 1.26. The van der Waals surface area contributed by atoms with Crippen LogP contribution in [-0.4, -0.2) is 24.6 Å². The number of carbonyl (C=O) groups excluding carboxylic acids is 2. The van der Waals surface area contributed by atoms with Crippen LogP contribution >= 0.6 is 0 Å². The number of nitrogens with two attached hydrogens (primary N) is 1. The van der Waals surface area contributed by atoms with E-state index in [4.69, 9.17) is 10.5 Å². The molecule has 1 heterocycles. The van der Waals surface area contributed by atoms with Crippen LogP contribution in [0.15, 0.2) is 29.3 Å². The fourth-order valence-corrected chi connectivity index (χ4v) is 3.13. The highest BCUT2D eigenvalue weighted by molar-refractivity contribution is 6.23. The molecule has 0 spiro atoms. The van der Waals surface area contributed by atoms with Crippen molar-refractivity contribution >= 4 is 17.5 Å². The number of ether oxygens (including phenoxy) is 1. The minimum absolute atomic E-state index is 0.256. The molecule has 0 saturated heterocycles. The van der Waals surface area contributed by atoms with Crippen molar-refractivity contribution in [1.29, 1.82) is 10.5 Å². The van der Waals surface area contributed by atoms with Gasteiger partial charge in [0.15, 0.2) is 16.6 Å². The van der Waals surface area contributed by atoms with Crippen molar-refractivity contribution in [3.05, 3.63) is 29.8 Å². The van der Waals surface area contributed by atoms with Crippen molar-refractivity contribution in [1.82, 2.24) is 0 Å². The fraction of sp³-hybridized carbons (Fsp3) is 0.267. The van der Waals surface area contributed by atoms with Crippen molar-refractivity contribution in [2.75, 3.05) is 7.11 Å². The van der Waals surface area contributed by atoms with Crippen LogP contribution in [0.25, 0.3) is 0 Å². The number of ketones is 1. The summed E-state index contributed by atoms with van der Waals surface area (Å²) in [6.07, 6.45) is 0. The highest BCUT2D eigenvalue weighted by Gasteiger charge is 2.90. The maximum absolute atomic E-state index is 12.6. The lowest BCUT2D eigenvalue weighted by Gasteiger charge is -2.06. The van der Waals surface area contributed by atoms with Crippen LogP contribution in [0.4, 0.5) is 0 Å². The molecule has 108 valence electrons. The number of methoxy groups -OCH3 is 1. The second kappa shape index (κ2) is 4.15. The van der Waals surface area contributed by atoms with E-state index in [1.165, 1.54) is 19.2 Å². The molecule has 1 amide bonds. The zero-order valence-electron chi connectivity index (χ0n) is 11.5. The zero-order valence-corrected chi connectivity index (χ0v) is 11.5.